The van der Waals surface area contributed by atoms with Crippen LogP contribution in [0.2, 0.25) is 5.02 Å². The molecule has 1 aromatic rings. The Balaban J connectivity index is 2.90. The van der Waals surface area contributed by atoms with Crippen LogP contribution < -0.4 is 21.3 Å². The highest BCUT2D eigenvalue weighted by Crippen LogP contribution is 2.14. The Hall–Kier alpha value is -3.18. The zero-order valence-corrected chi connectivity index (χ0v) is 26.7. The molecule has 0 heterocycles. The van der Waals surface area contributed by atoms with E-state index in [-0.39, 0.29) is 50.0 Å². The lowest BCUT2D eigenvalue weighted by molar-refractivity contribution is -0.137. The van der Waals surface area contributed by atoms with Gasteiger partial charge in [0, 0.05) is 24.4 Å². The second kappa shape index (κ2) is 19.9. The van der Waals surface area contributed by atoms with Crippen molar-refractivity contribution in [1.29, 1.82) is 0 Å². The van der Waals surface area contributed by atoms with E-state index < -0.39 is 47.9 Å². The van der Waals surface area contributed by atoms with E-state index in [1.165, 1.54) is 0 Å². The maximum absolute atomic E-state index is 13.4. The standard InChI is InChI=1S/C31H49ClN4O7/c1-6-10-23(34-31(43)29(20(5)7-2)36-26(38)13-9-14-28(40)41)30(42)35-24(15-19(3)4)25(37)17-27(39)33-18-21-11-8-12-22(32)16-21/h8,11-12,16,19-20,23-25,29,37H,6-7,9-10,13-15,17-18H2,1-5H3,(H,33,39)(H,34,43)(H,35,42)(H,36,38)(H,40,41)/t20-,23-,24-,25-,29-/m0/s1. The van der Waals surface area contributed by atoms with E-state index in [2.05, 4.69) is 21.3 Å². The molecule has 6 N–H and O–H groups in total. The fraction of sp³-hybridized carbons (Fsp3) is 0.645. The average Bonchev–Trinajstić information content (AvgIpc) is 2.93. The Morgan fingerprint density at radius 2 is 1.63 bits per heavy atom. The van der Waals surface area contributed by atoms with E-state index in [1.54, 1.807) is 18.2 Å². The fourth-order valence-corrected chi connectivity index (χ4v) is 4.73. The first-order valence-electron chi connectivity index (χ1n) is 15.1. The number of carbonyl (C=O) groups is 5. The molecular formula is C31H49ClN4O7. The van der Waals surface area contributed by atoms with Crippen molar-refractivity contribution in [3.05, 3.63) is 34.9 Å². The van der Waals surface area contributed by atoms with E-state index in [0.717, 1.165) is 5.56 Å². The molecule has 0 aliphatic carbocycles. The third-order valence-electron chi connectivity index (χ3n) is 7.11. The van der Waals surface area contributed by atoms with Gasteiger partial charge in [0.25, 0.3) is 0 Å². The highest BCUT2D eigenvalue weighted by Gasteiger charge is 2.32. The van der Waals surface area contributed by atoms with Gasteiger partial charge in [-0.2, -0.15) is 0 Å². The highest BCUT2D eigenvalue weighted by molar-refractivity contribution is 6.30. The van der Waals surface area contributed by atoms with Gasteiger partial charge in [-0.3, -0.25) is 24.0 Å². The lowest BCUT2D eigenvalue weighted by Gasteiger charge is -2.29. The molecule has 0 saturated heterocycles. The summed E-state index contributed by atoms with van der Waals surface area (Å²) in [6.45, 7) is 9.67. The Kier molecular flexibility index (Phi) is 17.5. The molecule has 0 radical (unpaired) electrons. The number of hydrogen-bond acceptors (Lipinski definition) is 6. The van der Waals surface area contributed by atoms with Gasteiger partial charge in [0.15, 0.2) is 0 Å². The van der Waals surface area contributed by atoms with Gasteiger partial charge in [0.1, 0.15) is 12.1 Å². The van der Waals surface area contributed by atoms with Crippen molar-refractivity contribution in [2.45, 2.75) is 117 Å². The number of hydrogen-bond donors (Lipinski definition) is 6. The minimum atomic E-state index is -1.17. The van der Waals surface area contributed by atoms with Gasteiger partial charge < -0.3 is 31.5 Å². The third-order valence-corrected chi connectivity index (χ3v) is 7.34. The summed E-state index contributed by atoms with van der Waals surface area (Å²) in [6, 6.07) is 4.50. The molecule has 0 unspecified atom stereocenters. The van der Waals surface area contributed by atoms with Crippen LogP contribution in [0.5, 0.6) is 0 Å². The van der Waals surface area contributed by atoms with E-state index in [1.807, 2.05) is 40.7 Å². The van der Waals surface area contributed by atoms with Crippen molar-refractivity contribution >= 4 is 41.2 Å². The number of amides is 4. The summed E-state index contributed by atoms with van der Waals surface area (Å²) >= 11 is 6.00. The molecule has 0 aliphatic heterocycles. The fourth-order valence-electron chi connectivity index (χ4n) is 4.52. The van der Waals surface area contributed by atoms with Gasteiger partial charge >= 0.3 is 5.97 Å². The topological polar surface area (TPSA) is 174 Å². The first kappa shape index (κ1) is 37.8. The molecule has 43 heavy (non-hydrogen) atoms. The Bertz CT molecular complexity index is 1070. The highest BCUT2D eigenvalue weighted by atomic mass is 35.5. The van der Waals surface area contributed by atoms with E-state index in [0.29, 0.717) is 30.7 Å². The predicted octanol–water partition coefficient (Wildman–Crippen LogP) is 3.31. The summed E-state index contributed by atoms with van der Waals surface area (Å²) in [5, 5.41) is 31.4. The van der Waals surface area contributed by atoms with Crippen LogP contribution in [0.15, 0.2) is 24.3 Å². The van der Waals surface area contributed by atoms with E-state index in [4.69, 9.17) is 16.7 Å². The normalized spacial score (nSPS) is 14.6. The molecule has 12 heteroatoms. The molecule has 0 fully saturated rings. The predicted molar refractivity (Wildman–Crippen MR) is 165 cm³/mol. The summed E-state index contributed by atoms with van der Waals surface area (Å²) in [6.07, 6.45) is 0.457. The Morgan fingerprint density at radius 1 is 0.930 bits per heavy atom. The molecule has 0 aliphatic rings. The van der Waals surface area contributed by atoms with Gasteiger partial charge in [-0.05, 0) is 48.8 Å². The number of halogens is 1. The molecule has 1 aromatic carbocycles. The minimum Gasteiger partial charge on any atom is -0.481 e. The van der Waals surface area contributed by atoms with Crippen LogP contribution in [0.3, 0.4) is 0 Å². The number of carboxylic acids is 1. The van der Waals surface area contributed by atoms with Crippen LogP contribution >= 0.6 is 11.6 Å². The molecule has 0 aromatic heterocycles. The first-order valence-corrected chi connectivity index (χ1v) is 15.5. The van der Waals surface area contributed by atoms with Crippen molar-refractivity contribution in [1.82, 2.24) is 21.3 Å². The summed E-state index contributed by atoms with van der Waals surface area (Å²) in [4.78, 5) is 62.5. The number of aliphatic hydroxyl groups is 1. The number of nitrogens with one attached hydrogen (secondary N) is 4. The SMILES string of the molecule is CCC[C@H](NC(=O)[C@@H](NC(=O)CCCC(=O)O)[C@@H](C)CC)C(=O)N[C@@H](CC(C)C)[C@@H](O)CC(=O)NCc1cccc(Cl)c1. The molecular weight excluding hydrogens is 576 g/mol. The second-order valence-corrected chi connectivity index (χ2v) is 11.9. The smallest absolute Gasteiger partial charge is 0.303 e. The van der Waals surface area contributed by atoms with Crippen LogP contribution in [0.4, 0.5) is 0 Å². The van der Waals surface area contributed by atoms with Gasteiger partial charge in [-0.25, -0.2) is 0 Å². The third kappa shape index (κ3) is 15.2. The number of rotatable bonds is 20. The van der Waals surface area contributed by atoms with E-state index in [9.17, 15) is 29.1 Å². The maximum atomic E-state index is 13.4. The Morgan fingerprint density at radius 3 is 2.21 bits per heavy atom. The van der Waals surface area contributed by atoms with Crippen molar-refractivity contribution < 1.29 is 34.2 Å². The van der Waals surface area contributed by atoms with Gasteiger partial charge in [0.2, 0.25) is 23.6 Å². The van der Waals surface area contributed by atoms with E-state index >= 15 is 0 Å². The van der Waals surface area contributed by atoms with Crippen LogP contribution in [-0.2, 0) is 30.5 Å². The summed E-state index contributed by atoms with van der Waals surface area (Å²) in [7, 11) is 0. The summed E-state index contributed by atoms with van der Waals surface area (Å²) in [5.41, 5.74) is 0.813. The molecule has 242 valence electrons. The quantitative estimate of drug-likeness (QED) is 0.129. The lowest BCUT2D eigenvalue weighted by Crippen LogP contribution is -2.57. The number of carboxylic acid groups (broad SMARTS) is 1. The number of aliphatic carboxylic acids is 1. The Labute approximate surface area is 259 Å². The number of aliphatic hydroxyl groups excluding tert-OH is 1. The molecule has 11 nitrogen and oxygen atoms in total. The summed E-state index contributed by atoms with van der Waals surface area (Å²) < 4.78 is 0. The van der Waals surface area contributed by atoms with Crippen LogP contribution in [0, 0.1) is 11.8 Å². The summed E-state index contributed by atoms with van der Waals surface area (Å²) in [5.74, 6) is -2.98. The average molecular weight is 625 g/mol. The van der Waals surface area contributed by atoms with Gasteiger partial charge in [-0.15, -0.1) is 0 Å². The molecule has 4 amide bonds. The molecule has 0 spiro atoms. The monoisotopic (exact) mass is 624 g/mol. The van der Waals surface area contributed by atoms with Crippen molar-refractivity contribution in [3.8, 4) is 0 Å². The number of benzene rings is 1. The van der Waals surface area contributed by atoms with Crippen LogP contribution in [0.1, 0.15) is 91.5 Å². The van der Waals surface area contributed by atoms with Crippen molar-refractivity contribution in [3.63, 3.8) is 0 Å². The lowest BCUT2D eigenvalue weighted by atomic mass is 9.95. The first-order chi connectivity index (χ1) is 20.3. The largest absolute Gasteiger partial charge is 0.481 e. The van der Waals surface area contributed by atoms with Gasteiger partial charge in [0.05, 0.1) is 18.6 Å². The minimum absolute atomic E-state index is 0.0349. The van der Waals surface area contributed by atoms with Gasteiger partial charge in [-0.1, -0.05) is 71.2 Å². The molecule has 0 saturated carbocycles. The molecule has 1 rings (SSSR count). The zero-order chi connectivity index (χ0) is 32.5. The zero-order valence-electron chi connectivity index (χ0n) is 26.0. The number of carbonyl (C=O) groups excluding carboxylic acids is 4. The molecule has 5 atom stereocenters. The van der Waals surface area contributed by atoms with Crippen molar-refractivity contribution in [2.75, 3.05) is 0 Å². The van der Waals surface area contributed by atoms with Crippen LogP contribution in [-0.4, -0.2) is 64.0 Å². The molecule has 0 bridgehead atoms. The maximum Gasteiger partial charge on any atom is 0.303 e. The second-order valence-electron chi connectivity index (χ2n) is 11.5. The van der Waals surface area contributed by atoms with Crippen LogP contribution in [0.25, 0.3) is 0 Å². The van der Waals surface area contributed by atoms with Crippen molar-refractivity contribution in [2.24, 2.45) is 11.8 Å².